The number of aromatic nitrogens is 1. The molecule has 5 heteroatoms. The molecule has 0 N–H and O–H groups in total. The molecule has 88 valence electrons. The normalized spacial score (nSPS) is 13.7. The summed E-state index contributed by atoms with van der Waals surface area (Å²) in [5, 5.41) is 3.02. The third kappa shape index (κ3) is 2.12. The van der Waals surface area contributed by atoms with Gasteiger partial charge in [-0.05, 0) is 18.2 Å². The minimum Gasteiger partial charge on any atom is -0.486 e. The van der Waals surface area contributed by atoms with Crippen LogP contribution in [-0.2, 0) is 5.75 Å². The van der Waals surface area contributed by atoms with Gasteiger partial charge in [0.05, 0.1) is 5.69 Å². The Morgan fingerprint density at radius 1 is 1.24 bits per heavy atom. The van der Waals surface area contributed by atoms with E-state index in [4.69, 9.17) is 9.47 Å². The molecular weight excluding hydrogens is 254 g/mol. The van der Waals surface area contributed by atoms with Crippen LogP contribution in [0.15, 0.2) is 23.6 Å². The van der Waals surface area contributed by atoms with Gasteiger partial charge in [0.2, 0.25) is 0 Å². The molecular formula is C12H11NO2S2. The average molecular weight is 265 g/mol. The first-order valence-electron chi connectivity index (χ1n) is 5.32. The molecule has 2 aromatic rings. The predicted molar refractivity (Wildman–Crippen MR) is 71.2 cm³/mol. The van der Waals surface area contributed by atoms with E-state index in [1.807, 2.05) is 23.6 Å². The second kappa shape index (κ2) is 4.58. The van der Waals surface area contributed by atoms with Crippen molar-refractivity contribution in [3.05, 3.63) is 29.3 Å². The Labute approximate surface area is 109 Å². The summed E-state index contributed by atoms with van der Waals surface area (Å²) >= 11 is 5.84. The van der Waals surface area contributed by atoms with Gasteiger partial charge in [0.15, 0.2) is 11.5 Å². The number of hydrogen-bond donors (Lipinski definition) is 1. The fraction of sp³-hybridized carbons (Fsp3) is 0.250. The Kier molecular flexibility index (Phi) is 2.94. The molecule has 3 rings (SSSR count). The van der Waals surface area contributed by atoms with Crippen LogP contribution in [0.1, 0.15) is 5.69 Å². The lowest BCUT2D eigenvalue weighted by molar-refractivity contribution is 0.171. The van der Waals surface area contributed by atoms with Gasteiger partial charge in [-0.1, -0.05) is 0 Å². The van der Waals surface area contributed by atoms with Crippen LogP contribution in [0.4, 0.5) is 0 Å². The maximum absolute atomic E-state index is 5.56. The van der Waals surface area contributed by atoms with Gasteiger partial charge >= 0.3 is 0 Å². The lowest BCUT2D eigenvalue weighted by Crippen LogP contribution is -2.15. The highest BCUT2D eigenvalue weighted by atomic mass is 32.1. The summed E-state index contributed by atoms with van der Waals surface area (Å²) in [6, 6.07) is 5.93. The monoisotopic (exact) mass is 265 g/mol. The maximum Gasteiger partial charge on any atom is 0.162 e. The van der Waals surface area contributed by atoms with Crippen LogP contribution >= 0.6 is 24.0 Å². The molecule has 1 aliphatic heterocycles. The summed E-state index contributed by atoms with van der Waals surface area (Å²) in [5.74, 6) is 2.28. The van der Waals surface area contributed by atoms with Crippen LogP contribution in [0.3, 0.4) is 0 Å². The average Bonchev–Trinajstić information content (AvgIpc) is 2.87. The highest BCUT2D eigenvalue weighted by Crippen LogP contribution is 2.35. The largest absolute Gasteiger partial charge is 0.486 e. The standard InChI is InChI=1S/C12H11NO2S2/c16-6-9-7-17-12(13-9)8-1-2-10-11(5-8)15-4-3-14-10/h1-2,5,7,16H,3-4,6H2. The Morgan fingerprint density at radius 3 is 2.82 bits per heavy atom. The first kappa shape index (κ1) is 10.9. The molecule has 0 amide bonds. The van der Waals surface area contributed by atoms with Crippen molar-refractivity contribution in [1.29, 1.82) is 0 Å². The van der Waals surface area contributed by atoms with E-state index in [0.717, 1.165) is 27.8 Å². The Hall–Kier alpha value is -1.20. The summed E-state index contributed by atoms with van der Waals surface area (Å²) in [6.07, 6.45) is 0. The molecule has 0 aliphatic carbocycles. The Bertz CT molecular complexity index is 539. The Balaban J connectivity index is 1.97. The molecule has 1 aliphatic rings. The number of rotatable bonds is 2. The van der Waals surface area contributed by atoms with Crippen molar-refractivity contribution in [2.75, 3.05) is 13.2 Å². The number of thiol groups is 1. The minimum absolute atomic E-state index is 0.607. The van der Waals surface area contributed by atoms with Crippen LogP contribution in [-0.4, -0.2) is 18.2 Å². The van der Waals surface area contributed by atoms with E-state index >= 15 is 0 Å². The SMILES string of the molecule is SCc1csc(-c2ccc3c(c2)OCCO3)n1. The molecule has 0 atom stereocenters. The van der Waals surface area contributed by atoms with Crippen molar-refractivity contribution in [3.8, 4) is 22.1 Å². The van der Waals surface area contributed by atoms with E-state index in [0.29, 0.717) is 19.0 Å². The molecule has 0 bridgehead atoms. The van der Waals surface area contributed by atoms with Crippen molar-refractivity contribution in [2.24, 2.45) is 0 Å². The molecule has 0 spiro atoms. The van der Waals surface area contributed by atoms with Crippen molar-refractivity contribution in [2.45, 2.75) is 5.75 Å². The Morgan fingerprint density at radius 2 is 2.06 bits per heavy atom. The van der Waals surface area contributed by atoms with Crippen LogP contribution < -0.4 is 9.47 Å². The van der Waals surface area contributed by atoms with E-state index < -0.39 is 0 Å². The zero-order valence-corrected chi connectivity index (χ0v) is 10.8. The van der Waals surface area contributed by atoms with Gasteiger partial charge < -0.3 is 9.47 Å². The van der Waals surface area contributed by atoms with Gasteiger partial charge in [-0.3, -0.25) is 0 Å². The first-order chi connectivity index (χ1) is 8.36. The van der Waals surface area contributed by atoms with E-state index in [1.165, 1.54) is 0 Å². The number of fused-ring (bicyclic) bond motifs is 1. The van der Waals surface area contributed by atoms with Crippen LogP contribution in [0.25, 0.3) is 10.6 Å². The molecule has 0 radical (unpaired) electrons. The lowest BCUT2D eigenvalue weighted by Gasteiger charge is -2.18. The van der Waals surface area contributed by atoms with E-state index in [2.05, 4.69) is 17.6 Å². The molecule has 2 heterocycles. The van der Waals surface area contributed by atoms with Gasteiger partial charge in [0.25, 0.3) is 0 Å². The predicted octanol–water partition coefficient (Wildman–Crippen LogP) is 3.01. The first-order valence-corrected chi connectivity index (χ1v) is 6.83. The molecule has 1 aromatic carbocycles. The summed E-state index contributed by atoms with van der Waals surface area (Å²) in [4.78, 5) is 4.49. The number of nitrogens with zero attached hydrogens (tertiary/aromatic N) is 1. The topological polar surface area (TPSA) is 31.4 Å². The smallest absolute Gasteiger partial charge is 0.162 e. The lowest BCUT2D eigenvalue weighted by atomic mass is 10.2. The molecule has 0 saturated heterocycles. The molecule has 17 heavy (non-hydrogen) atoms. The van der Waals surface area contributed by atoms with Crippen molar-refractivity contribution >= 4 is 24.0 Å². The van der Waals surface area contributed by atoms with Crippen molar-refractivity contribution < 1.29 is 9.47 Å². The summed E-state index contributed by atoms with van der Waals surface area (Å²) < 4.78 is 11.0. The molecule has 3 nitrogen and oxygen atoms in total. The number of benzene rings is 1. The maximum atomic E-state index is 5.56. The number of thiazole rings is 1. The van der Waals surface area contributed by atoms with Crippen LogP contribution in [0.2, 0.25) is 0 Å². The van der Waals surface area contributed by atoms with Crippen molar-refractivity contribution in [3.63, 3.8) is 0 Å². The number of hydrogen-bond acceptors (Lipinski definition) is 5. The van der Waals surface area contributed by atoms with E-state index in [-0.39, 0.29) is 0 Å². The second-order valence-electron chi connectivity index (χ2n) is 3.66. The van der Waals surface area contributed by atoms with Crippen LogP contribution in [0.5, 0.6) is 11.5 Å². The molecule has 1 aromatic heterocycles. The molecule has 0 fully saturated rings. The fourth-order valence-electron chi connectivity index (χ4n) is 1.69. The van der Waals surface area contributed by atoms with Crippen LogP contribution in [0, 0.1) is 0 Å². The fourth-order valence-corrected chi connectivity index (χ4v) is 2.79. The summed E-state index contributed by atoms with van der Waals surface area (Å²) in [7, 11) is 0. The second-order valence-corrected chi connectivity index (χ2v) is 4.83. The number of ether oxygens (including phenoxy) is 2. The van der Waals surface area contributed by atoms with E-state index in [1.54, 1.807) is 11.3 Å². The zero-order valence-electron chi connectivity index (χ0n) is 9.05. The zero-order chi connectivity index (χ0) is 11.7. The van der Waals surface area contributed by atoms with Gasteiger partial charge in [0.1, 0.15) is 18.2 Å². The van der Waals surface area contributed by atoms with Gasteiger partial charge in [-0.2, -0.15) is 12.6 Å². The van der Waals surface area contributed by atoms with Gasteiger partial charge in [0, 0.05) is 16.7 Å². The highest BCUT2D eigenvalue weighted by molar-refractivity contribution is 7.79. The highest BCUT2D eigenvalue weighted by Gasteiger charge is 2.13. The van der Waals surface area contributed by atoms with Gasteiger partial charge in [-0.15, -0.1) is 11.3 Å². The quantitative estimate of drug-likeness (QED) is 0.847. The summed E-state index contributed by atoms with van der Waals surface area (Å²) in [5.41, 5.74) is 2.07. The van der Waals surface area contributed by atoms with Crippen molar-refractivity contribution in [1.82, 2.24) is 4.98 Å². The minimum atomic E-state index is 0.607. The summed E-state index contributed by atoms with van der Waals surface area (Å²) in [6.45, 7) is 1.23. The van der Waals surface area contributed by atoms with E-state index in [9.17, 15) is 0 Å². The van der Waals surface area contributed by atoms with Gasteiger partial charge in [-0.25, -0.2) is 4.98 Å². The molecule has 0 saturated carbocycles. The third-order valence-corrected chi connectivity index (χ3v) is 3.77. The third-order valence-electron chi connectivity index (χ3n) is 2.50. The molecule has 0 unspecified atom stereocenters.